The molecule has 4 nitrogen and oxygen atoms in total. The van der Waals surface area contributed by atoms with Crippen LogP contribution in [0.3, 0.4) is 0 Å². The van der Waals surface area contributed by atoms with E-state index < -0.39 is 16.8 Å². The smallest absolute Gasteiger partial charge is 0.299 e. The van der Waals surface area contributed by atoms with Crippen LogP contribution in [0.4, 0.5) is 0 Å². The van der Waals surface area contributed by atoms with Crippen LogP contribution < -0.4 is 0 Å². The standard InChI is InChI=1S/C10H15O4S/c1-9(2)7-3-4-10(9,8(11)5-7)6-14-15(12)13/h7H,3-6H2,1-2H3. The first-order valence-electron chi connectivity index (χ1n) is 5.16. The lowest BCUT2D eigenvalue weighted by molar-refractivity contribution is -0.131. The molecule has 0 aliphatic heterocycles. The monoisotopic (exact) mass is 231 g/mol. The lowest BCUT2D eigenvalue weighted by atomic mass is 9.69. The van der Waals surface area contributed by atoms with E-state index in [1.165, 1.54) is 0 Å². The largest absolute Gasteiger partial charge is 0.334 e. The van der Waals surface area contributed by atoms with Gasteiger partial charge in [0.1, 0.15) is 5.78 Å². The van der Waals surface area contributed by atoms with Gasteiger partial charge in [-0.15, -0.1) is 0 Å². The van der Waals surface area contributed by atoms with Crippen molar-refractivity contribution in [1.82, 2.24) is 0 Å². The van der Waals surface area contributed by atoms with Crippen LogP contribution in [0, 0.1) is 16.7 Å². The molecule has 2 rings (SSSR count). The van der Waals surface area contributed by atoms with Crippen LogP contribution in [-0.4, -0.2) is 16.6 Å². The summed E-state index contributed by atoms with van der Waals surface area (Å²) in [6.45, 7) is 4.12. The highest BCUT2D eigenvalue weighted by Crippen LogP contribution is 2.63. The topological polar surface area (TPSA) is 63.3 Å². The second-order valence-corrected chi connectivity index (χ2v) is 5.78. The van der Waals surface area contributed by atoms with Crippen LogP contribution in [-0.2, 0) is 24.9 Å². The molecule has 1 radical (unpaired) electrons. The van der Waals surface area contributed by atoms with Crippen molar-refractivity contribution in [2.45, 2.75) is 33.1 Å². The molecular weight excluding hydrogens is 216 g/mol. The normalized spacial score (nSPS) is 39.7. The third kappa shape index (κ3) is 1.40. The Morgan fingerprint density at radius 1 is 1.53 bits per heavy atom. The predicted molar refractivity (Wildman–Crippen MR) is 53.3 cm³/mol. The fraction of sp³-hybridized carbons (Fsp3) is 0.900. The van der Waals surface area contributed by atoms with E-state index in [1.54, 1.807) is 0 Å². The Kier molecular flexibility index (Phi) is 2.52. The van der Waals surface area contributed by atoms with E-state index in [2.05, 4.69) is 4.18 Å². The summed E-state index contributed by atoms with van der Waals surface area (Å²) in [5.41, 5.74) is -0.679. The van der Waals surface area contributed by atoms with Gasteiger partial charge in [0.05, 0.1) is 12.0 Å². The molecule has 0 N–H and O–H groups in total. The first kappa shape index (κ1) is 11.2. The number of hydrogen-bond donors (Lipinski definition) is 0. The first-order valence-corrected chi connectivity index (χ1v) is 6.16. The van der Waals surface area contributed by atoms with Gasteiger partial charge < -0.3 is 0 Å². The van der Waals surface area contributed by atoms with Gasteiger partial charge in [-0.3, -0.25) is 8.98 Å². The number of hydrogen-bond acceptors (Lipinski definition) is 3. The third-order valence-electron chi connectivity index (χ3n) is 4.54. The van der Waals surface area contributed by atoms with Crippen LogP contribution in [0.5, 0.6) is 0 Å². The lowest BCUT2D eigenvalue weighted by Gasteiger charge is -2.35. The highest BCUT2D eigenvalue weighted by Gasteiger charge is 2.64. The van der Waals surface area contributed by atoms with E-state index in [0.29, 0.717) is 12.3 Å². The number of ketones is 1. The molecule has 0 aromatic rings. The molecule has 2 bridgehead atoms. The van der Waals surface area contributed by atoms with Crippen molar-refractivity contribution < 1.29 is 17.7 Å². The van der Waals surface area contributed by atoms with Gasteiger partial charge in [0.15, 0.2) is 0 Å². The number of Topliss-reactive ketones (excluding diaryl/α,β-unsaturated/α-hetero) is 1. The Morgan fingerprint density at radius 2 is 2.20 bits per heavy atom. The zero-order valence-corrected chi connectivity index (χ0v) is 9.76. The van der Waals surface area contributed by atoms with E-state index in [4.69, 9.17) is 0 Å². The molecule has 85 valence electrons. The molecule has 2 aliphatic carbocycles. The molecule has 3 unspecified atom stereocenters. The molecule has 0 aromatic carbocycles. The van der Waals surface area contributed by atoms with Gasteiger partial charge in [-0.1, -0.05) is 18.4 Å². The average molecular weight is 231 g/mol. The van der Waals surface area contributed by atoms with Gasteiger partial charge in [0.2, 0.25) is 0 Å². The van der Waals surface area contributed by atoms with Crippen LogP contribution in [0.1, 0.15) is 33.1 Å². The second kappa shape index (κ2) is 3.37. The van der Waals surface area contributed by atoms with Gasteiger partial charge in [0, 0.05) is 6.42 Å². The highest BCUT2D eigenvalue weighted by atomic mass is 32.2. The summed E-state index contributed by atoms with van der Waals surface area (Å²) in [4.78, 5) is 11.9. The summed E-state index contributed by atoms with van der Waals surface area (Å²) in [5, 5.41) is 0. The van der Waals surface area contributed by atoms with E-state index in [9.17, 15) is 13.6 Å². The summed E-state index contributed by atoms with van der Waals surface area (Å²) in [6, 6.07) is 0. The first-order chi connectivity index (χ1) is 6.90. The van der Waals surface area contributed by atoms with Gasteiger partial charge in [0.25, 0.3) is 0 Å². The Morgan fingerprint density at radius 3 is 2.60 bits per heavy atom. The number of fused-ring (bicyclic) bond motifs is 2. The van der Waals surface area contributed by atoms with Crippen molar-refractivity contribution in [1.29, 1.82) is 0 Å². The molecule has 2 fully saturated rings. The van der Waals surface area contributed by atoms with Crippen molar-refractivity contribution in [2.24, 2.45) is 16.7 Å². The molecule has 2 saturated carbocycles. The fourth-order valence-corrected chi connectivity index (χ4v) is 3.55. The van der Waals surface area contributed by atoms with E-state index >= 15 is 0 Å². The highest BCUT2D eigenvalue weighted by molar-refractivity contribution is 7.73. The number of carbonyl (C=O) groups is 1. The lowest BCUT2D eigenvalue weighted by Crippen LogP contribution is -2.40. The van der Waals surface area contributed by atoms with E-state index in [1.807, 2.05) is 13.8 Å². The predicted octanol–water partition coefficient (Wildman–Crippen LogP) is 1.41. The molecule has 0 heterocycles. The Labute approximate surface area is 91.9 Å². The number of rotatable bonds is 3. The molecule has 3 atom stereocenters. The van der Waals surface area contributed by atoms with Crippen molar-refractivity contribution in [3.05, 3.63) is 0 Å². The van der Waals surface area contributed by atoms with Crippen LogP contribution in [0.2, 0.25) is 0 Å². The maximum absolute atomic E-state index is 11.9. The van der Waals surface area contributed by atoms with Gasteiger partial charge in [-0.25, -0.2) is 0 Å². The molecule has 0 saturated heterocycles. The Hall–Kier alpha value is -0.260. The summed E-state index contributed by atoms with van der Waals surface area (Å²) in [5.74, 6) is 0.572. The maximum Gasteiger partial charge on any atom is 0.334 e. The van der Waals surface area contributed by atoms with Crippen LogP contribution >= 0.6 is 0 Å². The minimum absolute atomic E-state index is 0.0193. The summed E-state index contributed by atoms with van der Waals surface area (Å²) in [6.07, 6.45) is 2.36. The van der Waals surface area contributed by atoms with E-state index in [0.717, 1.165) is 12.8 Å². The molecule has 15 heavy (non-hydrogen) atoms. The van der Waals surface area contributed by atoms with E-state index in [-0.39, 0.29) is 17.8 Å². The quantitative estimate of drug-likeness (QED) is 0.737. The minimum atomic E-state index is -2.52. The van der Waals surface area contributed by atoms with Crippen molar-refractivity contribution in [2.75, 3.05) is 6.61 Å². The SMILES string of the molecule is CC1(C)C2CCC1(COS([O])=O)C(=O)C2. The summed E-state index contributed by atoms with van der Waals surface area (Å²) in [7, 11) is 0. The molecule has 5 heteroatoms. The van der Waals surface area contributed by atoms with Crippen molar-refractivity contribution in [3.8, 4) is 0 Å². The van der Waals surface area contributed by atoms with Crippen molar-refractivity contribution >= 4 is 17.1 Å². The zero-order valence-electron chi connectivity index (χ0n) is 8.95. The average Bonchev–Trinajstić information content (AvgIpc) is 2.47. The van der Waals surface area contributed by atoms with Crippen molar-refractivity contribution in [3.63, 3.8) is 0 Å². The molecule has 0 amide bonds. The van der Waals surface area contributed by atoms with Crippen LogP contribution in [0.15, 0.2) is 0 Å². The Balaban J connectivity index is 2.24. The third-order valence-corrected chi connectivity index (χ3v) is 4.85. The zero-order chi connectivity index (χ0) is 11.3. The summed E-state index contributed by atoms with van der Waals surface area (Å²) >= 11 is -2.52. The second-order valence-electron chi connectivity index (χ2n) is 5.13. The molecule has 0 aromatic heterocycles. The maximum atomic E-state index is 11.9. The van der Waals surface area contributed by atoms with Crippen LogP contribution in [0.25, 0.3) is 0 Å². The van der Waals surface area contributed by atoms with Gasteiger partial charge >= 0.3 is 11.4 Å². The fourth-order valence-electron chi connectivity index (χ4n) is 3.26. The molecule has 2 aliphatic rings. The minimum Gasteiger partial charge on any atom is -0.299 e. The molecular formula is C10H15O4S. The number of carbonyl (C=O) groups excluding carboxylic acids is 1. The van der Waals surface area contributed by atoms with Gasteiger partial charge in [-0.05, 0) is 24.2 Å². The van der Waals surface area contributed by atoms with Gasteiger partial charge in [-0.2, -0.15) is 4.21 Å². The summed E-state index contributed by atoms with van der Waals surface area (Å²) < 4.78 is 25.5. The Bertz CT molecular complexity index is 325. The molecule has 0 spiro atoms.